The highest BCUT2D eigenvalue weighted by Gasteiger charge is 2.17. The Bertz CT molecular complexity index is 755. The Balaban J connectivity index is 1.61. The highest BCUT2D eigenvalue weighted by atomic mass is 16.1. The summed E-state index contributed by atoms with van der Waals surface area (Å²) in [7, 11) is 0. The summed E-state index contributed by atoms with van der Waals surface area (Å²) >= 11 is 0. The Morgan fingerprint density at radius 3 is 2.33 bits per heavy atom. The SMILES string of the molecule is Cc1ccc(-n2nc(C)c(NC(=O)CNC3CCCCCCC3)c2C)cc1. The van der Waals surface area contributed by atoms with Crippen molar-refractivity contribution in [2.75, 3.05) is 11.9 Å². The van der Waals surface area contributed by atoms with Crippen LogP contribution in [0.4, 0.5) is 5.69 Å². The topological polar surface area (TPSA) is 59.0 Å². The van der Waals surface area contributed by atoms with E-state index in [0.29, 0.717) is 12.6 Å². The lowest BCUT2D eigenvalue weighted by Gasteiger charge is -2.20. The highest BCUT2D eigenvalue weighted by molar-refractivity contribution is 5.93. The molecule has 1 amide bonds. The number of anilines is 1. The van der Waals surface area contributed by atoms with Gasteiger partial charge in [0.1, 0.15) is 0 Å². The predicted octanol–water partition coefficient (Wildman–Crippen LogP) is 4.44. The van der Waals surface area contributed by atoms with Crippen LogP contribution in [0.2, 0.25) is 0 Å². The van der Waals surface area contributed by atoms with E-state index in [1.165, 1.54) is 50.5 Å². The van der Waals surface area contributed by atoms with Crippen LogP contribution in [0.15, 0.2) is 24.3 Å². The molecule has 0 unspecified atom stereocenters. The van der Waals surface area contributed by atoms with Crippen LogP contribution in [0.1, 0.15) is 61.9 Å². The zero-order valence-corrected chi connectivity index (χ0v) is 16.8. The van der Waals surface area contributed by atoms with Crippen LogP contribution in [-0.2, 0) is 4.79 Å². The van der Waals surface area contributed by atoms with Crippen LogP contribution in [0.5, 0.6) is 0 Å². The van der Waals surface area contributed by atoms with Gasteiger partial charge in [0.25, 0.3) is 0 Å². The third-order valence-electron chi connectivity index (χ3n) is 5.49. The van der Waals surface area contributed by atoms with Crippen molar-refractivity contribution in [2.24, 2.45) is 0 Å². The molecule has 1 aliphatic carbocycles. The molecule has 3 rings (SSSR count). The molecule has 2 N–H and O–H groups in total. The van der Waals surface area contributed by atoms with Crippen molar-refractivity contribution in [1.29, 1.82) is 0 Å². The Kier molecular flexibility index (Phi) is 6.67. The third-order valence-corrected chi connectivity index (χ3v) is 5.49. The average Bonchev–Trinajstić information content (AvgIpc) is 2.90. The standard InChI is InChI=1S/C22H32N4O/c1-16-11-13-20(14-12-16)26-18(3)22(17(2)25-26)24-21(27)15-23-19-9-7-5-4-6-8-10-19/h11-14,19,23H,4-10,15H2,1-3H3,(H,24,27). The van der Waals surface area contributed by atoms with Gasteiger partial charge in [-0.15, -0.1) is 0 Å². The van der Waals surface area contributed by atoms with E-state index >= 15 is 0 Å². The number of benzene rings is 1. The molecular formula is C22H32N4O. The molecule has 0 radical (unpaired) electrons. The van der Waals surface area contributed by atoms with Gasteiger partial charge in [0.05, 0.1) is 29.3 Å². The quantitative estimate of drug-likeness (QED) is 0.820. The summed E-state index contributed by atoms with van der Waals surface area (Å²) < 4.78 is 1.90. The van der Waals surface area contributed by atoms with Crippen molar-refractivity contribution < 1.29 is 4.79 Å². The number of hydrogen-bond acceptors (Lipinski definition) is 3. The van der Waals surface area contributed by atoms with E-state index in [1.54, 1.807) is 0 Å². The van der Waals surface area contributed by atoms with Gasteiger partial charge in [0.15, 0.2) is 0 Å². The number of carbonyl (C=O) groups excluding carboxylic acids is 1. The van der Waals surface area contributed by atoms with Gasteiger partial charge in [0, 0.05) is 6.04 Å². The molecule has 1 saturated carbocycles. The first kappa shape index (κ1) is 19.6. The van der Waals surface area contributed by atoms with Gasteiger partial charge in [-0.25, -0.2) is 4.68 Å². The Morgan fingerprint density at radius 1 is 1.04 bits per heavy atom. The second kappa shape index (κ2) is 9.18. The van der Waals surface area contributed by atoms with Gasteiger partial charge in [-0.3, -0.25) is 4.79 Å². The first-order valence-electron chi connectivity index (χ1n) is 10.2. The highest BCUT2D eigenvalue weighted by Crippen LogP contribution is 2.23. The Hall–Kier alpha value is -2.14. The second-order valence-corrected chi connectivity index (χ2v) is 7.76. The van der Waals surface area contributed by atoms with E-state index in [0.717, 1.165) is 22.8 Å². The fourth-order valence-corrected chi connectivity index (χ4v) is 3.84. The molecule has 5 heteroatoms. The van der Waals surface area contributed by atoms with E-state index in [1.807, 2.05) is 18.5 Å². The summed E-state index contributed by atoms with van der Waals surface area (Å²) in [4.78, 5) is 12.5. The van der Waals surface area contributed by atoms with Gasteiger partial charge in [-0.05, 0) is 45.7 Å². The molecule has 0 saturated heterocycles. The maximum absolute atomic E-state index is 12.5. The molecule has 0 aliphatic heterocycles. The fraction of sp³-hybridized carbons (Fsp3) is 0.545. The number of rotatable bonds is 5. The number of carbonyl (C=O) groups is 1. The van der Waals surface area contributed by atoms with E-state index in [2.05, 4.69) is 46.9 Å². The number of aromatic nitrogens is 2. The van der Waals surface area contributed by atoms with Gasteiger partial charge in [0.2, 0.25) is 5.91 Å². The van der Waals surface area contributed by atoms with Crippen LogP contribution < -0.4 is 10.6 Å². The summed E-state index contributed by atoms with van der Waals surface area (Å²) in [6.45, 7) is 6.37. The van der Waals surface area contributed by atoms with Crippen LogP contribution in [0.3, 0.4) is 0 Å². The first-order chi connectivity index (χ1) is 13.0. The Morgan fingerprint density at radius 2 is 1.67 bits per heavy atom. The first-order valence-corrected chi connectivity index (χ1v) is 10.2. The van der Waals surface area contributed by atoms with E-state index in [-0.39, 0.29) is 5.91 Å². The minimum absolute atomic E-state index is 0.00622. The number of hydrogen-bond donors (Lipinski definition) is 2. The molecule has 1 aliphatic rings. The predicted molar refractivity (Wildman–Crippen MR) is 111 cm³/mol. The average molecular weight is 369 g/mol. The lowest BCUT2D eigenvalue weighted by atomic mass is 9.97. The molecule has 1 aromatic heterocycles. The van der Waals surface area contributed by atoms with Gasteiger partial charge >= 0.3 is 0 Å². The van der Waals surface area contributed by atoms with Crippen molar-refractivity contribution in [1.82, 2.24) is 15.1 Å². The van der Waals surface area contributed by atoms with Crippen molar-refractivity contribution in [3.8, 4) is 5.69 Å². The molecule has 1 aromatic carbocycles. The van der Waals surface area contributed by atoms with E-state index in [9.17, 15) is 4.79 Å². The maximum Gasteiger partial charge on any atom is 0.238 e. The number of aryl methyl sites for hydroxylation is 2. The minimum Gasteiger partial charge on any atom is -0.322 e. The summed E-state index contributed by atoms with van der Waals surface area (Å²) in [5.74, 6) is 0.00622. The smallest absolute Gasteiger partial charge is 0.238 e. The van der Waals surface area contributed by atoms with Crippen molar-refractivity contribution >= 4 is 11.6 Å². The lowest BCUT2D eigenvalue weighted by Crippen LogP contribution is -2.36. The monoisotopic (exact) mass is 368 g/mol. The zero-order valence-electron chi connectivity index (χ0n) is 16.8. The molecule has 0 bridgehead atoms. The minimum atomic E-state index is 0.00622. The molecule has 146 valence electrons. The van der Waals surface area contributed by atoms with Crippen molar-refractivity contribution in [3.05, 3.63) is 41.2 Å². The molecule has 0 spiro atoms. The third kappa shape index (κ3) is 5.19. The van der Waals surface area contributed by atoms with Crippen LogP contribution in [-0.4, -0.2) is 28.3 Å². The van der Waals surface area contributed by atoms with E-state index in [4.69, 9.17) is 0 Å². The van der Waals surface area contributed by atoms with Crippen molar-refractivity contribution in [2.45, 2.75) is 71.8 Å². The normalized spacial score (nSPS) is 16.0. The number of nitrogens with zero attached hydrogens (tertiary/aromatic N) is 2. The molecule has 1 heterocycles. The number of amides is 1. The van der Waals surface area contributed by atoms with Crippen LogP contribution in [0, 0.1) is 20.8 Å². The van der Waals surface area contributed by atoms with Gasteiger partial charge < -0.3 is 10.6 Å². The summed E-state index contributed by atoms with van der Waals surface area (Å²) in [6, 6.07) is 8.72. The molecular weight excluding hydrogens is 336 g/mol. The number of nitrogens with one attached hydrogen (secondary N) is 2. The van der Waals surface area contributed by atoms with Crippen LogP contribution >= 0.6 is 0 Å². The lowest BCUT2D eigenvalue weighted by molar-refractivity contribution is -0.115. The fourth-order valence-electron chi connectivity index (χ4n) is 3.84. The maximum atomic E-state index is 12.5. The van der Waals surface area contributed by atoms with E-state index < -0.39 is 0 Å². The molecule has 5 nitrogen and oxygen atoms in total. The second-order valence-electron chi connectivity index (χ2n) is 7.76. The zero-order chi connectivity index (χ0) is 19.2. The summed E-state index contributed by atoms with van der Waals surface area (Å²) in [6.07, 6.45) is 8.88. The molecule has 1 fully saturated rings. The Labute approximate surface area is 162 Å². The van der Waals surface area contributed by atoms with Crippen molar-refractivity contribution in [3.63, 3.8) is 0 Å². The largest absolute Gasteiger partial charge is 0.322 e. The van der Waals surface area contributed by atoms with Gasteiger partial charge in [-0.2, -0.15) is 5.10 Å². The molecule has 0 atom stereocenters. The van der Waals surface area contributed by atoms with Crippen LogP contribution in [0.25, 0.3) is 5.69 Å². The summed E-state index contributed by atoms with van der Waals surface area (Å²) in [5, 5.41) is 11.1. The molecule has 2 aromatic rings. The summed E-state index contributed by atoms with van der Waals surface area (Å²) in [5.41, 5.74) is 4.84. The molecule has 27 heavy (non-hydrogen) atoms. The van der Waals surface area contributed by atoms with Gasteiger partial charge in [-0.1, -0.05) is 49.8 Å².